The van der Waals surface area contributed by atoms with Gasteiger partial charge in [-0.15, -0.1) is 0 Å². The molecule has 5 nitrogen and oxygen atoms in total. The summed E-state index contributed by atoms with van der Waals surface area (Å²) in [5.74, 6) is -0.231. The van der Waals surface area contributed by atoms with Gasteiger partial charge in [-0.1, -0.05) is 18.2 Å². The number of halogens is 1. The van der Waals surface area contributed by atoms with E-state index in [2.05, 4.69) is 33.2 Å². The highest BCUT2D eigenvalue weighted by molar-refractivity contribution is 14.1. The number of piperidine rings is 1. The maximum absolute atomic E-state index is 12.6. The largest absolute Gasteiger partial charge is 0.339 e. The average molecular weight is 493 g/mol. The van der Waals surface area contributed by atoms with E-state index in [-0.39, 0.29) is 16.9 Å². The first-order chi connectivity index (χ1) is 13.0. The van der Waals surface area contributed by atoms with E-state index in [4.69, 9.17) is 12.2 Å². The van der Waals surface area contributed by atoms with Crippen LogP contribution in [0.1, 0.15) is 40.0 Å². The second-order valence-corrected chi connectivity index (χ2v) is 7.89. The lowest BCUT2D eigenvalue weighted by Gasteiger charge is -2.26. The van der Waals surface area contributed by atoms with Crippen LogP contribution in [0.4, 0.5) is 5.69 Å². The van der Waals surface area contributed by atoms with Crippen molar-refractivity contribution in [3.63, 3.8) is 0 Å². The first-order valence-corrected chi connectivity index (χ1v) is 10.3. The highest BCUT2D eigenvalue weighted by Crippen LogP contribution is 2.17. The summed E-state index contributed by atoms with van der Waals surface area (Å²) in [6.07, 6.45) is 3.29. The van der Waals surface area contributed by atoms with Gasteiger partial charge in [0.2, 0.25) is 0 Å². The maximum atomic E-state index is 12.6. The van der Waals surface area contributed by atoms with Gasteiger partial charge in [0.05, 0.1) is 5.56 Å². The number of rotatable bonds is 3. The summed E-state index contributed by atoms with van der Waals surface area (Å²) in [4.78, 5) is 26.9. The normalized spacial score (nSPS) is 13.7. The predicted molar refractivity (Wildman–Crippen MR) is 119 cm³/mol. The van der Waals surface area contributed by atoms with Crippen molar-refractivity contribution in [3.8, 4) is 0 Å². The molecule has 3 rings (SSSR count). The van der Waals surface area contributed by atoms with Gasteiger partial charge < -0.3 is 10.2 Å². The van der Waals surface area contributed by atoms with Gasteiger partial charge in [0.25, 0.3) is 11.8 Å². The molecule has 0 radical (unpaired) electrons. The third kappa shape index (κ3) is 5.26. The van der Waals surface area contributed by atoms with E-state index < -0.39 is 0 Å². The molecule has 2 aromatic rings. The minimum absolute atomic E-state index is 0.0344. The van der Waals surface area contributed by atoms with E-state index in [9.17, 15) is 9.59 Å². The minimum atomic E-state index is -0.266. The number of nitrogens with one attached hydrogen (secondary N) is 2. The van der Waals surface area contributed by atoms with Gasteiger partial charge in [-0.25, -0.2) is 0 Å². The number of carbonyl (C=O) groups is 2. The number of likely N-dealkylation sites (tertiary alicyclic amines) is 1. The van der Waals surface area contributed by atoms with E-state index in [1.807, 2.05) is 35.2 Å². The van der Waals surface area contributed by atoms with Crippen molar-refractivity contribution in [1.82, 2.24) is 10.2 Å². The van der Waals surface area contributed by atoms with Crippen molar-refractivity contribution in [3.05, 3.63) is 63.2 Å². The second-order valence-electron chi connectivity index (χ2n) is 6.32. The van der Waals surface area contributed by atoms with Crippen LogP contribution in [0.25, 0.3) is 0 Å². The molecule has 0 aliphatic carbocycles. The molecule has 1 aliphatic rings. The molecule has 1 heterocycles. The number of nitrogens with zero attached hydrogens (tertiary/aromatic N) is 1. The molecule has 0 saturated carbocycles. The first-order valence-electron chi connectivity index (χ1n) is 8.81. The van der Waals surface area contributed by atoms with E-state index in [0.29, 0.717) is 16.8 Å². The zero-order chi connectivity index (χ0) is 19.2. The van der Waals surface area contributed by atoms with Crippen molar-refractivity contribution in [2.24, 2.45) is 0 Å². The van der Waals surface area contributed by atoms with Crippen molar-refractivity contribution >= 4 is 57.4 Å². The Hall–Kier alpha value is -2.00. The van der Waals surface area contributed by atoms with E-state index in [1.165, 1.54) is 6.42 Å². The Labute approximate surface area is 177 Å². The fourth-order valence-electron chi connectivity index (χ4n) is 2.99. The molecule has 2 N–H and O–H groups in total. The SMILES string of the molecule is O=C(NC(=S)Nc1cccc(C(=O)N2CCCCC2)c1)c1ccccc1I. The van der Waals surface area contributed by atoms with Crippen LogP contribution in [0.2, 0.25) is 0 Å². The van der Waals surface area contributed by atoms with Crippen LogP contribution < -0.4 is 10.6 Å². The van der Waals surface area contributed by atoms with Gasteiger partial charge in [-0.3, -0.25) is 14.9 Å². The molecule has 0 bridgehead atoms. The summed E-state index contributed by atoms with van der Waals surface area (Å²) in [6.45, 7) is 1.61. The molecule has 0 aromatic heterocycles. The lowest BCUT2D eigenvalue weighted by molar-refractivity contribution is 0.0724. The molecule has 0 atom stereocenters. The van der Waals surface area contributed by atoms with Gasteiger partial charge in [0.1, 0.15) is 0 Å². The van der Waals surface area contributed by atoms with E-state index >= 15 is 0 Å². The van der Waals surface area contributed by atoms with Gasteiger partial charge in [0, 0.05) is 27.9 Å². The first kappa shape index (κ1) is 19.8. The van der Waals surface area contributed by atoms with Crippen LogP contribution in [-0.4, -0.2) is 34.9 Å². The quantitative estimate of drug-likeness (QED) is 0.501. The predicted octanol–water partition coefficient (Wildman–Crippen LogP) is 4.04. The summed E-state index contributed by atoms with van der Waals surface area (Å²) in [6, 6.07) is 14.5. The van der Waals surface area contributed by atoms with Crippen molar-refractivity contribution in [2.45, 2.75) is 19.3 Å². The summed E-state index contributed by atoms with van der Waals surface area (Å²) >= 11 is 7.36. The molecule has 7 heteroatoms. The molecular weight excluding hydrogens is 473 g/mol. The van der Waals surface area contributed by atoms with Crippen molar-refractivity contribution in [2.75, 3.05) is 18.4 Å². The molecule has 27 heavy (non-hydrogen) atoms. The number of benzene rings is 2. The molecular formula is C20H20IN3O2S. The number of hydrogen-bond donors (Lipinski definition) is 2. The number of anilines is 1. The number of thiocarbonyl (C=S) groups is 1. The Bertz CT molecular complexity index is 866. The summed E-state index contributed by atoms with van der Waals surface area (Å²) in [7, 11) is 0. The summed E-state index contributed by atoms with van der Waals surface area (Å²) in [5.41, 5.74) is 1.86. The summed E-state index contributed by atoms with van der Waals surface area (Å²) < 4.78 is 0.851. The van der Waals surface area contributed by atoms with Crippen molar-refractivity contribution < 1.29 is 9.59 Å². The summed E-state index contributed by atoms with van der Waals surface area (Å²) in [5, 5.41) is 5.86. The maximum Gasteiger partial charge on any atom is 0.258 e. The highest BCUT2D eigenvalue weighted by Gasteiger charge is 2.18. The molecule has 140 valence electrons. The Morgan fingerprint density at radius 3 is 2.48 bits per heavy atom. The lowest BCUT2D eigenvalue weighted by atomic mass is 10.1. The third-order valence-electron chi connectivity index (χ3n) is 4.36. The highest BCUT2D eigenvalue weighted by atomic mass is 127. The topological polar surface area (TPSA) is 61.4 Å². The van der Waals surface area contributed by atoms with Crippen LogP contribution in [-0.2, 0) is 0 Å². The van der Waals surface area contributed by atoms with Gasteiger partial charge in [-0.05, 0) is 84.4 Å². The fourth-order valence-corrected chi connectivity index (χ4v) is 3.83. The molecule has 2 aromatic carbocycles. The zero-order valence-corrected chi connectivity index (χ0v) is 17.7. The molecule has 0 unspecified atom stereocenters. The number of amides is 2. The van der Waals surface area contributed by atoms with E-state index in [0.717, 1.165) is 29.5 Å². The monoisotopic (exact) mass is 493 g/mol. The molecule has 1 aliphatic heterocycles. The van der Waals surface area contributed by atoms with Crippen LogP contribution in [0.3, 0.4) is 0 Å². The molecule has 2 amide bonds. The molecule has 1 fully saturated rings. The third-order valence-corrected chi connectivity index (χ3v) is 5.50. The smallest absolute Gasteiger partial charge is 0.258 e. The molecule has 0 spiro atoms. The minimum Gasteiger partial charge on any atom is -0.339 e. The fraction of sp³-hybridized carbons (Fsp3) is 0.250. The van der Waals surface area contributed by atoms with Crippen LogP contribution >= 0.6 is 34.8 Å². The van der Waals surface area contributed by atoms with Gasteiger partial charge in [-0.2, -0.15) is 0 Å². The Balaban J connectivity index is 1.63. The van der Waals surface area contributed by atoms with Crippen LogP contribution in [0, 0.1) is 3.57 Å². The van der Waals surface area contributed by atoms with E-state index in [1.54, 1.807) is 18.2 Å². The van der Waals surface area contributed by atoms with Crippen molar-refractivity contribution in [1.29, 1.82) is 0 Å². The zero-order valence-electron chi connectivity index (χ0n) is 14.7. The Morgan fingerprint density at radius 1 is 1.00 bits per heavy atom. The average Bonchev–Trinajstić information content (AvgIpc) is 2.68. The van der Waals surface area contributed by atoms with Gasteiger partial charge in [0.15, 0.2) is 5.11 Å². The lowest BCUT2D eigenvalue weighted by Crippen LogP contribution is -2.36. The Kier molecular flexibility index (Phi) is 6.78. The van der Waals surface area contributed by atoms with Crippen LogP contribution in [0.5, 0.6) is 0 Å². The second kappa shape index (κ2) is 9.27. The van der Waals surface area contributed by atoms with Gasteiger partial charge >= 0.3 is 0 Å². The van der Waals surface area contributed by atoms with Crippen LogP contribution in [0.15, 0.2) is 48.5 Å². The number of carbonyl (C=O) groups excluding carboxylic acids is 2. The standard InChI is InChI=1S/C20H20IN3O2S/c21-17-10-3-2-9-16(17)18(25)23-20(27)22-15-8-6-7-14(13-15)19(26)24-11-4-1-5-12-24/h2-3,6-10,13H,1,4-5,11-12H2,(H2,22,23,25,27). The Morgan fingerprint density at radius 2 is 1.74 bits per heavy atom. The number of hydrogen-bond acceptors (Lipinski definition) is 3. The molecule has 1 saturated heterocycles.